The van der Waals surface area contributed by atoms with Crippen LogP contribution in [0.25, 0.3) is 0 Å². The van der Waals surface area contributed by atoms with Crippen molar-refractivity contribution in [1.82, 2.24) is 0 Å². The van der Waals surface area contributed by atoms with Crippen LogP contribution in [0, 0.1) is 6.92 Å². The smallest absolute Gasteiger partial charge is 0.449 e. The van der Waals surface area contributed by atoms with E-state index in [0.717, 1.165) is 6.07 Å². The van der Waals surface area contributed by atoms with E-state index in [1.165, 1.54) is 13.0 Å². The first-order chi connectivity index (χ1) is 4.50. The summed E-state index contributed by atoms with van der Waals surface area (Å²) in [7, 11) is 0. The second kappa shape index (κ2) is 2.04. The molecular formula is C6H5F3O. The molecule has 0 saturated heterocycles. The lowest BCUT2D eigenvalue weighted by Gasteiger charge is -1.99. The van der Waals surface area contributed by atoms with E-state index in [0.29, 0.717) is 0 Å². The van der Waals surface area contributed by atoms with Crippen LogP contribution < -0.4 is 0 Å². The van der Waals surface area contributed by atoms with Crippen LogP contribution in [-0.4, -0.2) is 0 Å². The number of aryl methyl sites for hydroxylation is 1. The highest BCUT2D eigenvalue weighted by Gasteiger charge is 2.34. The van der Waals surface area contributed by atoms with Gasteiger partial charge in [0.15, 0.2) is 0 Å². The third-order valence-electron chi connectivity index (χ3n) is 1.02. The monoisotopic (exact) mass is 150 g/mol. The lowest BCUT2D eigenvalue weighted by Crippen LogP contribution is -2.01. The fraction of sp³-hybridized carbons (Fsp3) is 0.333. The van der Waals surface area contributed by atoms with Crippen LogP contribution in [0.5, 0.6) is 0 Å². The van der Waals surface area contributed by atoms with Crippen LogP contribution in [0.2, 0.25) is 0 Å². The van der Waals surface area contributed by atoms with E-state index in [4.69, 9.17) is 0 Å². The zero-order chi connectivity index (χ0) is 7.78. The topological polar surface area (TPSA) is 13.1 Å². The van der Waals surface area contributed by atoms with Gasteiger partial charge in [-0.1, -0.05) is 0 Å². The van der Waals surface area contributed by atoms with E-state index in [2.05, 4.69) is 4.42 Å². The molecule has 1 aromatic rings. The largest absolute Gasteiger partial charge is 0.457 e. The minimum Gasteiger partial charge on any atom is -0.457 e. The molecule has 10 heavy (non-hydrogen) atoms. The average molecular weight is 150 g/mol. The maximum Gasteiger partial charge on any atom is 0.449 e. The predicted molar refractivity (Wildman–Crippen MR) is 28.4 cm³/mol. The quantitative estimate of drug-likeness (QED) is 0.554. The molecule has 0 saturated carbocycles. The molecule has 0 aliphatic carbocycles. The minimum atomic E-state index is -4.35. The Kier molecular flexibility index (Phi) is 1.46. The molecular weight excluding hydrogens is 145 g/mol. The van der Waals surface area contributed by atoms with E-state index in [1.807, 2.05) is 0 Å². The van der Waals surface area contributed by atoms with E-state index in [-0.39, 0.29) is 5.76 Å². The lowest BCUT2D eigenvalue weighted by molar-refractivity contribution is -0.153. The molecule has 0 aromatic carbocycles. The third-order valence-corrected chi connectivity index (χ3v) is 1.02. The summed E-state index contributed by atoms with van der Waals surface area (Å²) in [6.07, 6.45) is -4.35. The fourth-order valence-electron chi connectivity index (χ4n) is 0.587. The summed E-state index contributed by atoms with van der Waals surface area (Å²) in [6, 6.07) is 2.19. The third kappa shape index (κ3) is 1.32. The summed E-state index contributed by atoms with van der Waals surface area (Å²) in [5.74, 6) is -0.669. The van der Waals surface area contributed by atoms with Gasteiger partial charge in [-0.05, 0) is 19.1 Å². The second-order valence-corrected chi connectivity index (χ2v) is 1.91. The SMILES string of the molecule is Cc1ccc(C(F)(F)F)o1. The molecule has 1 aromatic heterocycles. The van der Waals surface area contributed by atoms with Gasteiger partial charge in [0.1, 0.15) is 5.76 Å². The Morgan fingerprint density at radius 1 is 1.30 bits per heavy atom. The van der Waals surface area contributed by atoms with Gasteiger partial charge in [0.05, 0.1) is 0 Å². The molecule has 56 valence electrons. The first-order valence-corrected chi connectivity index (χ1v) is 2.64. The van der Waals surface area contributed by atoms with E-state index < -0.39 is 11.9 Å². The highest BCUT2D eigenvalue weighted by Crippen LogP contribution is 2.30. The Labute approximate surface area is 55.5 Å². The van der Waals surface area contributed by atoms with Gasteiger partial charge in [-0.3, -0.25) is 0 Å². The summed E-state index contributed by atoms with van der Waals surface area (Å²) in [6.45, 7) is 1.47. The summed E-state index contributed by atoms with van der Waals surface area (Å²) in [5.41, 5.74) is 0. The number of furan rings is 1. The Morgan fingerprint density at radius 2 is 1.90 bits per heavy atom. The number of alkyl halides is 3. The second-order valence-electron chi connectivity index (χ2n) is 1.91. The summed E-state index contributed by atoms with van der Waals surface area (Å²) >= 11 is 0. The van der Waals surface area contributed by atoms with Gasteiger partial charge in [-0.2, -0.15) is 13.2 Å². The molecule has 0 amide bonds. The molecule has 0 fully saturated rings. The van der Waals surface area contributed by atoms with Gasteiger partial charge in [0.25, 0.3) is 0 Å². The molecule has 0 aliphatic heterocycles. The molecule has 0 radical (unpaired) electrons. The van der Waals surface area contributed by atoms with E-state index in [1.54, 1.807) is 0 Å². The molecule has 0 spiro atoms. The normalized spacial score (nSPS) is 12.0. The zero-order valence-corrected chi connectivity index (χ0v) is 5.20. The first kappa shape index (κ1) is 7.18. The molecule has 1 rings (SSSR count). The molecule has 0 unspecified atom stereocenters. The van der Waals surface area contributed by atoms with Crippen LogP contribution in [0.15, 0.2) is 16.5 Å². The lowest BCUT2D eigenvalue weighted by atomic mass is 10.4. The van der Waals surface area contributed by atoms with Gasteiger partial charge in [-0.15, -0.1) is 0 Å². The van der Waals surface area contributed by atoms with Crippen LogP contribution in [0.1, 0.15) is 11.5 Å². The maximum atomic E-state index is 11.7. The number of rotatable bonds is 0. The van der Waals surface area contributed by atoms with Gasteiger partial charge in [0, 0.05) is 0 Å². The standard InChI is InChI=1S/C6H5F3O/c1-4-2-3-5(10-4)6(7,8)9/h2-3H,1H3. The molecule has 0 bridgehead atoms. The van der Waals surface area contributed by atoms with Gasteiger partial charge in [0.2, 0.25) is 5.76 Å². The predicted octanol–water partition coefficient (Wildman–Crippen LogP) is 2.61. The molecule has 0 atom stereocenters. The Bertz CT molecular complexity index is 223. The molecule has 1 nitrogen and oxygen atoms in total. The van der Waals surface area contributed by atoms with Crippen LogP contribution in [0.4, 0.5) is 13.2 Å². The van der Waals surface area contributed by atoms with E-state index >= 15 is 0 Å². The molecule has 4 heteroatoms. The number of hydrogen-bond donors (Lipinski definition) is 0. The van der Waals surface area contributed by atoms with Crippen molar-refractivity contribution < 1.29 is 17.6 Å². The van der Waals surface area contributed by atoms with Crippen molar-refractivity contribution in [3.05, 3.63) is 23.7 Å². The summed E-state index contributed by atoms with van der Waals surface area (Å²) in [4.78, 5) is 0. The summed E-state index contributed by atoms with van der Waals surface area (Å²) in [5, 5.41) is 0. The van der Waals surface area contributed by atoms with Crippen molar-refractivity contribution in [3.8, 4) is 0 Å². The van der Waals surface area contributed by atoms with Crippen LogP contribution in [-0.2, 0) is 6.18 Å². The Morgan fingerprint density at radius 3 is 2.10 bits per heavy atom. The molecule has 1 heterocycles. The van der Waals surface area contributed by atoms with Crippen molar-refractivity contribution in [3.63, 3.8) is 0 Å². The number of halogens is 3. The first-order valence-electron chi connectivity index (χ1n) is 2.64. The highest BCUT2D eigenvalue weighted by molar-refractivity contribution is 5.08. The van der Waals surface area contributed by atoms with Crippen molar-refractivity contribution in [2.45, 2.75) is 13.1 Å². The zero-order valence-electron chi connectivity index (χ0n) is 5.20. The Hall–Kier alpha value is -0.930. The maximum absolute atomic E-state index is 11.7. The van der Waals surface area contributed by atoms with Crippen LogP contribution >= 0.6 is 0 Å². The van der Waals surface area contributed by atoms with E-state index in [9.17, 15) is 13.2 Å². The van der Waals surface area contributed by atoms with Crippen molar-refractivity contribution >= 4 is 0 Å². The van der Waals surface area contributed by atoms with Gasteiger partial charge < -0.3 is 4.42 Å². The number of hydrogen-bond acceptors (Lipinski definition) is 1. The summed E-state index contributed by atoms with van der Waals surface area (Å²) < 4.78 is 39.4. The molecule has 0 N–H and O–H groups in total. The van der Waals surface area contributed by atoms with Crippen molar-refractivity contribution in [2.24, 2.45) is 0 Å². The van der Waals surface area contributed by atoms with Crippen LogP contribution in [0.3, 0.4) is 0 Å². The van der Waals surface area contributed by atoms with Gasteiger partial charge in [-0.25, -0.2) is 0 Å². The molecule has 0 aliphatic rings. The van der Waals surface area contributed by atoms with Crippen molar-refractivity contribution in [2.75, 3.05) is 0 Å². The fourth-order valence-corrected chi connectivity index (χ4v) is 0.587. The van der Waals surface area contributed by atoms with Gasteiger partial charge >= 0.3 is 6.18 Å². The minimum absolute atomic E-state index is 0.271. The average Bonchev–Trinajstić information content (AvgIpc) is 2.11. The van der Waals surface area contributed by atoms with Crippen molar-refractivity contribution in [1.29, 1.82) is 0 Å². The Balaban J connectivity index is 2.96. The highest BCUT2D eigenvalue weighted by atomic mass is 19.4.